The highest BCUT2D eigenvalue weighted by Crippen LogP contribution is 2.42. The van der Waals surface area contributed by atoms with Crippen molar-refractivity contribution in [3.63, 3.8) is 0 Å². The summed E-state index contributed by atoms with van der Waals surface area (Å²) in [5.74, 6) is 0.408. The molecule has 9 heteroatoms. The van der Waals surface area contributed by atoms with Gasteiger partial charge in [0.05, 0.1) is 23.6 Å². The first-order chi connectivity index (χ1) is 20.1. The number of para-hydroxylation sites is 1. The van der Waals surface area contributed by atoms with Gasteiger partial charge in [0.25, 0.3) is 5.91 Å². The smallest absolute Gasteiger partial charge is 0.262 e. The van der Waals surface area contributed by atoms with Gasteiger partial charge in [0.2, 0.25) is 0 Å². The number of anilines is 2. The summed E-state index contributed by atoms with van der Waals surface area (Å²) in [7, 11) is 0. The maximum atomic E-state index is 12.5. The molecule has 41 heavy (non-hydrogen) atoms. The summed E-state index contributed by atoms with van der Waals surface area (Å²) >= 11 is 5.91. The Hall–Kier alpha value is -5.02. The van der Waals surface area contributed by atoms with Gasteiger partial charge in [-0.05, 0) is 91.9 Å². The normalized spacial score (nSPS) is 16.3. The molecule has 1 saturated heterocycles. The number of benzene rings is 2. The quantitative estimate of drug-likeness (QED) is 0.233. The highest BCUT2D eigenvalue weighted by atomic mass is 32.1. The second-order valence-corrected chi connectivity index (χ2v) is 10.0. The van der Waals surface area contributed by atoms with E-state index in [4.69, 9.17) is 17.0 Å². The third-order valence-corrected chi connectivity index (χ3v) is 7.27. The molecule has 1 fully saturated rings. The van der Waals surface area contributed by atoms with E-state index in [1.807, 2.05) is 91.1 Å². The number of ether oxygens (including phenoxy) is 1. The van der Waals surface area contributed by atoms with Crippen LogP contribution in [0.5, 0.6) is 5.75 Å². The third-order valence-electron chi connectivity index (χ3n) is 6.95. The van der Waals surface area contributed by atoms with Crippen LogP contribution in [0.2, 0.25) is 0 Å². The summed E-state index contributed by atoms with van der Waals surface area (Å²) in [6.07, 6.45) is 5.42. The van der Waals surface area contributed by atoms with Gasteiger partial charge in [-0.3, -0.25) is 14.8 Å². The molecule has 1 aliphatic heterocycles. The molecule has 1 amide bonds. The molecule has 3 aromatic heterocycles. The summed E-state index contributed by atoms with van der Waals surface area (Å²) in [5.41, 5.74) is 5.55. The number of pyridine rings is 2. The van der Waals surface area contributed by atoms with Crippen molar-refractivity contribution >= 4 is 34.6 Å². The fraction of sp³-hybridized carbons (Fsp3) is 0.125. The number of aryl methyl sites for hydroxylation is 1. The van der Waals surface area contributed by atoms with Crippen molar-refractivity contribution in [2.45, 2.75) is 19.0 Å². The molecule has 5 aromatic rings. The topological polar surface area (TPSA) is 84.3 Å². The van der Waals surface area contributed by atoms with E-state index in [1.165, 1.54) is 0 Å². The number of hydrogen-bond acceptors (Lipinski definition) is 5. The molecule has 4 heterocycles. The maximum absolute atomic E-state index is 12.5. The second-order valence-electron chi connectivity index (χ2n) is 9.64. The van der Waals surface area contributed by atoms with Crippen molar-refractivity contribution in [1.29, 1.82) is 0 Å². The third kappa shape index (κ3) is 5.53. The van der Waals surface area contributed by atoms with Crippen molar-refractivity contribution in [2.75, 3.05) is 16.8 Å². The molecule has 1 aliphatic rings. The summed E-state index contributed by atoms with van der Waals surface area (Å²) in [5, 5.41) is 7.01. The predicted molar refractivity (Wildman–Crippen MR) is 163 cm³/mol. The first-order valence-corrected chi connectivity index (χ1v) is 13.7. The number of aromatic nitrogens is 3. The zero-order valence-electron chi connectivity index (χ0n) is 22.3. The molecule has 2 atom stereocenters. The molecule has 0 radical (unpaired) electrons. The summed E-state index contributed by atoms with van der Waals surface area (Å²) in [6.45, 7) is 2.00. The Morgan fingerprint density at radius 3 is 2.46 bits per heavy atom. The summed E-state index contributed by atoms with van der Waals surface area (Å²) in [6, 6.07) is 30.6. The van der Waals surface area contributed by atoms with Crippen LogP contribution in [-0.4, -0.2) is 32.2 Å². The van der Waals surface area contributed by atoms with Crippen LogP contribution < -0.4 is 20.3 Å². The Bertz CT molecular complexity index is 1640. The molecule has 8 nitrogen and oxygen atoms in total. The first-order valence-electron chi connectivity index (χ1n) is 13.3. The molecule has 0 bridgehead atoms. The second kappa shape index (κ2) is 11.6. The maximum Gasteiger partial charge on any atom is 0.262 e. The fourth-order valence-corrected chi connectivity index (χ4v) is 5.48. The van der Waals surface area contributed by atoms with Crippen molar-refractivity contribution in [2.24, 2.45) is 0 Å². The van der Waals surface area contributed by atoms with E-state index in [0.29, 0.717) is 16.5 Å². The molecule has 0 spiro atoms. The summed E-state index contributed by atoms with van der Waals surface area (Å²) in [4.78, 5) is 23.6. The van der Waals surface area contributed by atoms with Gasteiger partial charge in [-0.2, -0.15) is 0 Å². The zero-order valence-corrected chi connectivity index (χ0v) is 23.2. The van der Waals surface area contributed by atoms with Crippen LogP contribution in [0.4, 0.5) is 11.4 Å². The monoisotopic (exact) mass is 560 g/mol. The highest BCUT2D eigenvalue weighted by molar-refractivity contribution is 7.80. The molecule has 0 unspecified atom stereocenters. The van der Waals surface area contributed by atoms with Gasteiger partial charge >= 0.3 is 0 Å². The van der Waals surface area contributed by atoms with Crippen molar-refractivity contribution in [3.05, 3.63) is 133 Å². The molecule has 6 rings (SSSR count). The van der Waals surface area contributed by atoms with Gasteiger partial charge in [-0.15, -0.1) is 0 Å². The highest BCUT2D eigenvalue weighted by Gasteiger charge is 2.42. The van der Waals surface area contributed by atoms with E-state index in [9.17, 15) is 4.79 Å². The number of nitrogens with zero attached hydrogens (tertiary/aromatic N) is 4. The van der Waals surface area contributed by atoms with E-state index >= 15 is 0 Å². The largest absolute Gasteiger partial charge is 0.484 e. The van der Waals surface area contributed by atoms with Gasteiger partial charge in [-0.1, -0.05) is 24.3 Å². The molecule has 0 aliphatic carbocycles. The number of thiocarbonyl (C=S) groups is 1. The van der Waals surface area contributed by atoms with Gasteiger partial charge in [-0.25, -0.2) is 0 Å². The fourth-order valence-electron chi connectivity index (χ4n) is 5.13. The average Bonchev–Trinajstić information content (AvgIpc) is 3.57. The zero-order chi connectivity index (χ0) is 28.2. The Morgan fingerprint density at radius 2 is 1.73 bits per heavy atom. The molecule has 2 aromatic carbocycles. The lowest BCUT2D eigenvalue weighted by atomic mass is 10.0. The average molecular weight is 561 g/mol. The number of nitrogens with one attached hydrogen (secondary N) is 2. The van der Waals surface area contributed by atoms with Gasteiger partial charge in [0.15, 0.2) is 11.7 Å². The Labute approximate surface area is 243 Å². The lowest BCUT2D eigenvalue weighted by Gasteiger charge is -2.29. The number of hydrogen-bond donors (Lipinski definition) is 2. The predicted octanol–water partition coefficient (Wildman–Crippen LogP) is 5.77. The van der Waals surface area contributed by atoms with Crippen molar-refractivity contribution < 1.29 is 9.53 Å². The summed E-state index contributed by atoms with van der Waals surface area (Å²) < 4.78 is 7.77. The molecular formula is C32H28N6O2S. The van der Waals surface area contributed by atoms with Gasteiger partial charge in [0.1, 0.15) is 11.8 Å². The number of carbonyl (C=O) groups is 1. The van der Waals surface area contributed by atoms with Crippen LogP contribution in [-0.2, 0) is 4.79 Å². The minimum Gasteiger partial charge on any atom is -0.484 e. The van der Waals surface area contributed by atoms with Crippen LogP contribution in [0, 0.1) is 6.92 Å². The molecular weight excluding hydrogens is 532 g/mol. The number of rotatable bonds is 8. The van der Waals surface area contributed by atoms with E-state index < -0.39 is 0 Å². The van der Waals surface area contributed by atoms with Crippen LogP contribution >= 0.6 is 12.2 Å². The SMILES string of the molecule is Cc1ccc([C@@H]2[C@@H](c3ccccn3)NC(=S)N2c2ccc(NC(=O)COc3ccccc3)cc2)n1-c1cccnc1. The molecule has 0 saturated carbocycles. The number of carbonyl (C=O) groups excluding carboxylic acids is 1. The van der Waals surface area contributed by atoms with Crippen molar-refractivity contribution in [3.8, 4) is 11.4 Å². The van der Waals surface area contributed by atoms with Crippen LogP contribution in [0.15, 0.2) is 116 Å². The van der Waals surface area contributed by atoms with E-state index in [2.05, 4.69) is 49.1 Å². The lowest BCUT2D eigenvalue weighted by Crippen LogP contribution is -2.30. The van der Waals surface area contributed by atoms with E-state index in [0.717, 1.165) is 28.5 Å². The molecule has 204 valence electrons. The van der Waals surface area contributed by atoms with Gasteiger partial charge < -0.3 is 24.8 Å². The van der Waals surface area contributed by atoms with Crippen LogP contribution in [0.3, 0.4) is 0 Å². The van der Waals surface area contributed by atoms with E-state index in [-0.39, 0.29) is 24.6 Å². The van der Waals surface area contributed by atoms with Crippen molar-refractivity contribution in [1.82, 2.24) is 19.9 Å². The minimum atomic E-state index is -0.238. The van der Waals surface area contributed by atoms with E-state index in [1.54, 1.807) is 12.4 Å². The Kier molecular flexibility index (Phi) is 7.42. The minimum absolute atomic E-state index is 0.0790. The van der Waals surface area contributed by atoms with Gasteiger partial charge in [0, 0.05) is 35.2 Å². The van der Waals surface area contributed by atoms with Crippen LogP contribution in [0.25, 0.3) is 5.69 Å². The Balaban J connectivity index is 1.30. The number of amides is 1. The standard InChI is InChI=1S/C32H28N6O2S/c1-22-12-17-28(37(22)25-8-7-18-33-20-25)31-30(27-11-5-6-19-34-27)36-32(41)38(31)24-15-13-23(14-16-24)35-29(39)21-40-26-9-3-2-4-10-26/h2-20,30-31H,21H2,1H3,(H,35,39)(H,36,41)/t30-,31-/m1/s1. The first kappa shape index (κ1) is 26.2. The lowest BCUT2D eigenvalue weighted by molar-refractivity contribution is -0.118. The Morgan fingerprint density at radius 1 is 0.927 bits per heavy atom. The van der Waals surface area contributed by atoms with Crippen LogP contribution in [0.1, 0.15) is 29.2 Å². The molecule has 2 N–H and O–H groups in total.